The summed E-state index contributed by atoms with van der Waals surface area (Å²) >= 11 is 0. The van der Waals surface area contributed by atoms with E-state index < -0.39 is 18.2 Å². The van der Waals surface area contributed by atoms with Gasteiger partial charge in [0.05, 0.1) is 25.2 Å². The van der Waals surface area contributed by atoms with Gasteiger partial charge in [0.1, 0.15) is 0 Å². The van der Waals surface area contributed by atoms with Gasteiger partial charge in [-0.05, 0) is 12.8 Å². The maximum Gasteiger partial charge on any atom is 0.308 e. The molecule has 0 unspecified atom stereocenters. The Morgan fingerprint density at radius 1 is 1.36 bits per heavy atom. The van der Waals surface area contributed by atoms with Gasteiger partial charge < -0.3 is 14.9 Å². The number of hydrogen-bond acceptors (Lipinski definition) is 4. The lowest BCUT2D eigenvalue weighted by atomic mass is 10.00. The van der Waals surface area contributed by atoms with Crippen LogP contribution in [0.2, 0.25) is 0 Å². The van der Waals surface area contributed by atoms with E-state index in [1.807, 2.05) is 13.8 Å². The van der Waals surface area contributed by atoms with Crippen LogP contribution in [0.3, 0.4) is 0 Å². The minimum atomic E-state index is -0.813. The first-order valence-corrected chi connectivity index (χ1v) is 4.99. The topological polar surface area (TPSA) is 66.8 Å². The van der Waals surface area contributed by atoms with Gasteiger partial charge in [0, 0.05) is 6.42 Å². The molecule has 0 aromatic rings. The number of carbonyl (C=O) groups is 1. The molecule has 2 N–H and O–H groups in total. The van der Waals surface area contributed by atoms with Crippen molar-refractivity contribution in [3.05, 3.63) is 0 Å². The summed E-state index contributed by atoms with van der Waals surface area (Å²) in [6.45, 7) is 5.76. The van der Waals surface area contributed by atoms with Crippen molar-refractivity contribution in [1.82, 2.24) is 0 Å². The fraction of sp³-hybridized carbons (Fsp3) is 0.900. The molecule has 2 atom stereocenters. The summed E-state index contributed by atoms with van der Waals surface area (Å²) in [5, 5.41) is 18.8. The zero-order valence-electron chi connectivity index (χ0n) is 9.06. The van der Waals surface area contributed by atoms with E-state index >= 15 is 0 Å². The molecule has 0 aromatic heterocycles. The Balaban J connectivity index is 3.74. The number of carbonyl (C=O) groups excluding carboxylic acids is 1. The fourth-order valence-corrected chi connectivity index (χ4v) is 1.05. The van der Waals surface area contributed by atoms with Crippen molar-refractivity contribution in [2.75, 3.05) is 6.61 Å². The van der Waals surface area contributed by atoms with E-state index in [9.17, 15) is 15.0 Å². The lowest BCUT2D eigenvalue weighted by molar-refractivity contribution is -0.145. The molecule has 0 aromatic carbocycles. The molecule has 0 spiro atoms. The third-order valence-corrected chi connectivity index (χ3v) is 1.99. The fourth-order valence-electron chi connectivity index (χ4n) is 1.05. The number of ether oxygens (including phenoxy) is 1. The Morgan fingerprint density at radius 2 is 1.93 bits per heavy atom. The third kappa shape index (κ3) is 5.94. The van der Waals surface area contributed by atoms with Crippen LogP contribution >= 0.6 is 0 Å². The van der Waals surface area contributed by atoms with Gasteiger partial charge in [0.25, 0.3) is 0 Å². The van der Waals surface area contributed by atoms with Gasteiger partial charge in [-0.1, -0.05) is 13.8 Å². The predicted molar refractivity (Wildman–Crippen MR) is 52.7 cm³/mol. The first kappa shape index (κ1) is 13.4. The minimum absolute atomic E-state index is 0.0440. The molecule has 0 amide bonds. The molecule has 0 saturated heterocycles. The molecular weight excluding hydrogens is 184 g/mol. The van der Waals surface area contributed by atoms with Gasteiger partial charge in [-0.2, -0.15) is 0 Å². The SMILES string of the molecule is CCOC(=O)C[C@H](O)C[C@H](O)C(C)C. The van der Waals surface area contributed by atoms with E-state index in [-0.39, 0.29) is 18.8 Å². The number of aliphatic hydroxyl groups is 2. The maximum absolute atomic E-state index is 10.9. The van der Waals surface area contributed by atoms with Crippen LogP contribution < -0.4 is 0 Å². The highest BCUT2D eigenvalue weighted by molar-refractivity contribution is 5.69. The summed E-state index contributed by atoms with van der Waals surface area (Å²) in [7, 11) is 0. The zero-order valence-corrected chi connectivity index (χ0v) is 9.06. The van der Waals surface area contributed by atoms with Crippen molar-refractivity contribution < 1.29 is 19.7 Å². The van der Waals surface area contributed by atoms with Crippen LogP contribution in [0.1, 0.15) is 33.6 Å². The average Bonchev–Trinajstić information content (AvgIpc) is 2.03. The van der Waals surface area contributed by atoms with Gasteiger partial charge >= 0.3 is 5.97 Å². The molecule has 0 radical (unpaired) electrons. The van der Waals surface area contributed by atoms with Crippen LogP contribution in [0.15, 0.2) is 0 Å². The molecule has 4 nitrogen and oxygen atoms in total. The molecule has 0 fully saturated rings. The largest absolute Gasteiger partial charge is 0.466 e. The highest BCUT2D eigenvalue weighted by atomic mass is 16.5. The van der Waals surface area contributed by atoms with E-state index in [2.05, 4.69) is 4.74 Å². The Morgan fingerprint density at radius 3 is 2.36 bits per heavy atom. The molecule has 0 aliphatic heterocycles. The van der Waals surface area contributed by atoms with E-state index in [0.717, 1.165) is 0 Å². The zero-order chi connectivity index (χ0) is 11.1. The molecule has 84 valence electrons. The Bertz CT molecular complexity index is 168. The van der Waals surface area contributed by atoms with Crippen molar-refractivity contribution in [2.24, 2.45) is 5.92 Å². The number of esters is 1. The summed E-state index contributed by atoms with van der Waals surface area (Å²) in [5.74, 6) is -0.331. The summed E-state index contributed by atoms with van der Waals surface area (Å²) in [6, 6.07) is 0. The molecule has 0 aliphatic rings. The third-order valence-electron chi connectivity index (χ3n) is 1.99. The smallest absolute Gasteiger partial charge is 0.308 e. The monoisotopic (exact) mass is 204 g/mol. The van der Waals surface area contributed by atoms with Crippen molar-refractivity contribution in [3.8, 4) is 0 Å². The highest BCUT2D eigenvalue weighted by Crippen LogP contribution is 2.10. The first-order chi connectivity index (χ1) is 6.47. The molecule has 4 heteroatoms. The predicted octanol–water partition coefficient (Wildman–Crippen LogP) is 0.707. The summed E-state index contributed by atoms with van der Waals surface area (Å²) in [6.07, 6.45) is -1.21. The molecule has 0 heterocycles. The average molecular weight is 204 g/mol. The Labute approximate surface area is 84.9 Å². The lowest BCUT2D eigenvalue weighted by Gasteiger charge is -2.17. The number of hydrogen-bond donors (Lipinski definition) is 2. The van der Waals surface area contributed by atoms with Crippen LogP contribution in [0.25, 0.3) is 0 Å². The van der Waals surface area contributed by atoms with Crippen LogP contribution in [-0.4, -0.2) is 35.0 Å². The highest BCUT2D eigenvalue weighted by Gasteiger charge is 2.18. The lowest BCUT2D eigenvalue weighted by Crippen LogP contribution is -2.25. The van der Waals surface area contributed by atoms with E-state index in [4.69, 9.17) is 0 Å². The van der Waals surface area contributed by atoms with Crippen LogP contribution in [-0.2, 0) is 9.53 Å². The van der Waals surface area contributed by atoms with Crippen molar-refractivity contribution in [1.29, 1.82) is 0 Å². The standard InChI is InChI=1S/C10H20O4/c1-4-14-10(13)6-8(11)5-9(12)7(2)3/h7-9,11-12H,4-6H2,1-3H3/t8-,9+/m1/s1. The van der Waals surface area contributed by atoms with Crippen molar-refractivity contribution in [3.63, 3.8) is 0 Å². The van der Waals surface area contributed by atoms with E-state index in [0.29, 0.717) is 6.61 Å². The van der Waals surface area contributed by atoms with Crippen LogP contribution in [0.4, 0.5) is 0 Å². The molecular formula is C10H20O4. The normalized spacial score (nSPS) is 15.3. The molecule has 14 heavy (non-hydrogen) atoms. The second-order valence-electron chi connectivity index (χ2n) is 3.71. The Kier molecular flexibility index (Phi) is 6.49. The van der Waals surface area contributed by atoms with E-state index in [1.165, 1.54) is 0 Å². The van der Waals surface area contributed by atoms with Crippen molar-refractivity contribution >= 4 is 5.97 Å². The molecule has 0 rings (SSSR count). The second kappa shape index (κ2) is 6.79. The van der Waals surface area contributed by atoms with E-state index in [1.54, 1.807) is 6.92 Å². The second-order valence-corrected chi connectivity index (χ2v) is 3.71. The van der Waals surface area contributed by atoms with Crippen LogP contribution in [0.5, 0.6) is 0 Å². The quantitative estimate of drug-likeness (QED) is 0.625. The first-order valence-electron chi connectivity index (χ1n) is 4.99. The van der Waals surface area contributed by atoms with Gasteiger partial charge in [0.15, 0.2) is 0 Å². The van der Waals surface area contributed by atoms with Gasteiger partial charge in [-0.3, -0.25) is 4.79 Å². The van der Waals surface area contributed by atoms with Crippen molar-refractivity contribution in [2.45, 2.75) is 45.8 Å². The number of rotatable bonds is 6. The summed E-state index contributed by atoms with van der Waals surface area (Å²) in [4.78, 5) is 10.9. The molecule has 0 bridgehead atoms. The van der Waals surface area contributed by atoms with Gasteiger partial charge in [0.2, 0.25) is 0 Å². The number of aliphatic hydroxyl groups excluding tert-OH is 2. The summed E-state index contributed by atoms with van der Waals surface area (Å²) < 4.78 is 4.67. The summed E-state index contributed by atoms with van der Waals surface area (Å²) in [5.41, 5.74) is 0. The van der Waals surface area contributed by atoms with Crippen LogP contribution in [0, 0.1) is 5.92 Å². The molecule has 0 saturated carbocycles. The molecule has 0 aliphatic carbocycles. The van der Waals surface area contributed by atoms with Gasteiger partial charge in [-0.25, -0.2) is 0 Å². The minimum Gasteiger partial charge on any atom is -0.466 e. The maximum atomic E-state index is 10.9. The Hall–Kier alpha value is -0.610. The van der Waals surface area contributed by atoms with Gasteiger partial charge in [-0.15, -0.1) is 0 Å².